The molecule has 1 rings (SSSR count). The first-order valence-corrected chi connectivity index (χ1v) is 10.8. The Bertz CT molecular complexity index is 941. The molecule has 0 fully saturated rings. The van der Waals surface area contributed by atoms with Crippen molar-refractivity contribution in [3.05, 3.63) is 35.4 Å². The lowest BCUT2D eigenvalue weighted by atomic mass is 10.1. The van der Waals surface area contributed by atoms with Crippen molar-refractivity contribution in [2.45, 2.75) is 32.4 Å². The highest BCUT2D eigenvalue weighted by Crippen LogP contribution is 2.36. The maximum Gasteiger partial charge on any atom is 0.491 e. The molecule has 1 aromatic carbocycles. The Labute approximate surface area is 227 Å². The van der Waals surface area contributed by atoms with Crippen LogP contribution in [0, 0.1) is 0 Å². The van der Waals surface area contributed by atoms with Gasteiger partial charge in [0.2, 0.25) is 20.0 Å². The van der Waals surface area contributed by atoms with Crippen molar-refractivity contribution in [3.63, 3.8) is 0 Å². The molecule has 2 atom stereocenters. The van der Waals surface area contributed by atoms with Crippen molar-refractivity contribution in [1.82, 2.24) is 0 Å². The molecule has 0 aromatic heterocycles. The summed E-state index contributed by atoms with van der Waals surface area (Å²) >= 11 is 33.0. The van der Waals surface area contributed by atoms with E-state index in [1.54, 1.807) is 0 Å². The van der Waals surface area contributed by atoms with Crippen molar-refractivity contribution >= 4 is 93.2 Å². The largest absolute Gasteiger partial charge is 0.491 e. The third-order valence-corrected chi connectivity index (χ3v) is 4.57. The van der Waals surface area contributed by atoms with Crippen LogP contribution in [0.2, 0.25) is 0 Å². The Morgan fingerprint density at radius 3 is 1.11 bits per heavy atom. The van der Waals surface area contributed by atoms with Crippen LogP contribution in [0.25, 0.3) is 0 Å². The summed E-state index contributed by atoms with van der Waals surface area (Å²) in [5, 5.41) is 0. The van der Waals surface area contributed by atoms with Gasteiger partial charge in [-0.2, -0.15) is 26.3 Å². The number of benzene rings is 1. The lowest BCUT2D eigenvalue weighted by Crippen LogP contribution is -2.37. The van der Waals surface area contributed by atoms with Crippen LogP contribution in [-0.2, 0) is 19.1 Å². The van der Waals surface area contributed by atoms with Crippen LogP contribution in [0.5, 0.6) is 0 Å². The standard InChI is InChI=1S/C16H10Cl6F6N4O4/c17-13(18,19)9(35-11(33)15(23,24)25)31-7(29)5-1-2-6(4-3-5)8(30)32-10(14(20,21)22)36-12(34)16(26,27)28/h1-4,9-10H,(H2,29,31)(H2,30,32). The molecule has 0 amide bonds. The summed E-state index contributed by atoms with van der Waals surface area (Å²) in [7, 11) is 0. The third kappa shape index (κ3) is 10.1. The number of ether oxygens (including phenoxy) is 2. The van der Waals surface area contributed by atoms with E-state index in [-0.39, 0.29) is 11.1 Å². The number of carbonyl (C=O) groups excluding carboxylic acids is 2. The summed E-state index contributed by atoms with van der Waals surface area (Å²) in [5.74, 6) is -6.54. The van der Waals surface area contributed by atoms with E-state index >= 15 is 0 Å². The van der Waals surface area contributed by atoms with E-state index in [0.29, 0.717) is 0 Å². The van der Waals surface area contributed by atoms with Crippen LogP contribution in [0.1, 0.15) is 11.1 Å². The number of amidine groups is 2. The highest BCUT2D eigenvalue weighted by atomic mass is 35.6. The van der Waals surface area contributed by atoms with Gasteiger partial charge in [-0.25, -0.2) is 19.6 Å². The molecule has 36 heavy (non-hydrogen) atoms. The third-order valence-electron chi connectivity index (χ3n) is 3.45. The van der Waals surface area contributed by atoms with E-state index in [4.69, 9.17) is 81.1 Å². The fourth-order valence-corrected chi connectivity index (χ4v) is 2.44. The van der Waals surface area contributed by atoms with Crippen LogP contribution in [0.4, 0.5) is 26.3 Å². The Kier molecular flexibility index (Phi) is 10.7. The predicted octanol–water partition coefficient (Wildman–Crippen LogP) is 4.70. The fraction of sp³-hybridized carbons (Fsp3) is 0.375. The number of hydrogen-bond acceptors (Lipinski definition) is 6. The maximum atomic E-state index is 12.5. The van der Waals surface area contributed by atoms with Gasteiger partial charge in [0.05, 0.1) is 0 Å². The first-order chi connectivity index (χ1) is 16.0. The van der Waals surface area contributed by atoms with Gasteiger partial charge < -0.3 is 20.9 Å². The maximum absolute atomic E-state index is 12.5. The van der Waals surface area contributed by atoms with E-state index in [9.17, 15) is 35.9 Å². The zero-order chi connectivity index (χ0) is 28.3. The zero-order valence-corrected chi connectivity index (χ0v) is 21.2. The van der Waals surface area contributed by atoms with E-state index in [1.807, 2.05) is 0 Å². The van der Waals surface area contributed by atoms with E-state index in [1.165, 1.54) is 0 Å². The molecular formula is C16H10Cl6F6N4O4. The predicted molar refractivity (Wildman–Crippen MR) is 120 cm³/mol. The fourth-order valence-electron chi connectivity index (χ4n) is 1.88. The minimum Gasteiger partial charge on any atom is -0.428 e. The highest BCUT2D eigenvalue weighted by Gasteiger charge is 2.47. The minimum absolute atomic E-state index is 0.0321. The molecule has 0 aliphatic rings. The molecule has 0 bridgehead atoms. The Balaban J connectivity index is 3.22. The van der Waals surface area contributed by atoms with E-state index in [0.717, 1.165) is 24.3 Å². The van der Waals surface area contributed by atoms with Crippen molar-refractivity contribution in [1.29, 1.82) is 0 Å². The summed E-state index contributed by atoms with van der Waals surface area (Å²) < 4.78 is 77.5. The number of nitrogens with zero attached hydrogens (tertiary/aromatic N) is 2. The summed E-state index contributed by atoms with van der Waals surface area (Å²) in [6.07, 6.45) is -15.5. The van der Waals surface area contributed by atoms with Crippen molar-refractivity contribution in [2.24, 2.45) is 21.5 Å². The Morgan fingerprint density at radius 1 is 0.667 bits per heavy atom. The molecule has 0 saturated heterocycles. The summed E-state index contributed by atoms with van der Waals surface area (Å²) in [6, 6.07) is 4.57. The molecule has 0 aliphatic heterocycles. The van der Waals surface area contributed by atoms with Gasteiger partial charge in [0, 0.05) is 11.1 Å². The number of esters is 2. The number of nitrogens with two attached hydrogens (primary N) is 2. The second-order valence-corrected chi connectivity index (χ2v) is 10.9. The van der Waals surface area contributed by atoms with E-state index in [2.05, 4.69) is 19.5 Å². The smallest absolute Gasteiger partial charge is 0.428 e. The molecule has 202 valence electrons. The number of carbonyl (C=O) groups is 2. The topological polar surface area (TPSA) is 129 Å². The molecule has 0 radical (unpaired) electrons. The number of rotatable bonds is 6. The van der Waals surface area contributed by atoms with Crippen LogP contribution in [-0.4, -0.2) is 56.0 Å². The molecule has 2 unspecified atom stereocenters. The van der Waals surface area contributed by atoms with Gasteiger partial charge in [-0.05, 0) is 0 Å². The number of hydrogen-bond donors (Lipinski definition) is 2. The monoisotopic (exact) mass is 646 g/mol. The molecule has 4 N–H and O–H groups in total. The molecule has 0 aliphatic carbocycles. The number of alkyl halides is 12. The summed E-state index contributed by atoms with van der Waals surface area (Å²) in [5.41, 5.74) is 11.3. The first-order valence-electron chi connectivity index (χ1n) is 8.50. The molecule has 0 saturated carbocycles. The average molecular weight is 649 g/mol. The minimum atomic E-state index is -5.42. The molecule has 1 aromatic rings. The Morgan fingerprint density at radius 2 is 0.917 bits per heavy atom. The lowest BCUT2D eigenvalue weighted by molar-refractivity contribution is -0.204. The van der Waals surface area contributed by atoms with Gasteiger partial charge in [0.1, 0.15) is 11.7 Å². The Hall–Kier alpha value is -1.58. The zero-order valence-electron chi connectivity index (χ0n) is 16.7. The van der Waals surface area contributed by atoms with Gasteiger partial charge in [-0.1, -0.05) is 93.9 Å². The van der Waals surface area contributed by atoms with Crippen molar-refractivity contribution in [3.8, 4) is 0 Å². The lowest BCUT2D eigenvalue weighted by Gasteiger charge is -2.22. The number of halogens is 12. The highest BCUT2D eigenvalue weighted by molar-refractivity contribution is 6.68. The van der Waals surface area contributed by atoms with Gasteiger partial charge in [-0.3, -0.25) is 0 Å². The SMILES string of the molecule is NC(=NC(OC(=O)C(F)(F)F)C(Cl)(Cl)Cl)c1ccc(C(N)=NC(OC(=O)C(F)(F)F)C(Cl)(Cl)Cl)cc1. The van der Waals surface area contributed by atoms with Crippen molar-refractivity contribution < 1.29 is 45.4 Å². The second-order valence-electron chi connectivity index (χ2n) is 6.20. The van der Waals surface area contributed by atoms with Gasteiger partial charge >= 0.3 is 24.3 Å². The van der Waals surface area contributed by atoms with Gasteiger partial charge in [-0.15, -0.1) is 0 Å². The average Bonchev–Trinajstić information content (AvgIpc) is 2.69. The molecular weight excluding hydrogens is 639 g/mol. The van der Waals surface area contributed by atoms with Crippen LogP contribution in [0.15, 0.2) is 34.3 Å². The van der Waals surface area contributed by atoms with Crippen LogP contribution in [0.3, 0.4) is 0 Å². The molecule has 0 heterocycles. The van der Waals surface area contributed by atoms with Gasteiger partial charge in [0.25, 0.3) is 0 Å². The molecule has 0 spiro atoms. The van der Waals surface area contributed by atoms with Crippen molar-refractivity contribution in [2.75, 3.05) is 0 Å². The van der Waals surface area contributed by atoms with E-state index < -0.39 is 56.0 Å². The van der Waals surface area contributed by atoms with Crippen LogP contribution < -0.4 is 11.5 Å². The molecule has 20 heteroatoms. The first kappa shape index (κ1) is 32.4. The summed E-state index contributed by atoms with van der Waals surface area (Å²) in [4.78, 5) is 29.0. The van der Waals surface area contributed by atoms with Gasteiger partial charge in [0.15, 0.2) is 0 Å². The van der Waals surface area contributed by atoms with Crippen LogP contribution >= 0.6 is 69.6 Å². The summed E-state index contributed by atoms with van der Waals surface area (Å²) in [6.45, 7) is 0. The number of aliphatic imine (C=N–C) groups is 2. The second kappa shape index (κ2) is 11.9. The normalized spacial score (nSPS) is 15.8. The quantitative estimate of drug-likeness (QED) is 0.151. The molecule has 8 nitrogen and oxygen atoms in total.